The molecule has 0 heterocycles. The molecule has 86 valence electrons. The van der Waals surface area contributed by atoms with E-state index < -0.39 is 11.9 Å². The molecule has 0 unspecified atom stereocenters. The monoisotopic (exact) mass is 262 g/mol. The lowest BCUT2D eigenvalue weighted by Crippen LogP contribution is -2.13. The highest BCUT2D eigenvalue weighted by Crippen LogP contribution is 2.12. The van der Waals surface area contributed by atoms with E-state index in [0.717, 1.165) is 0 Å². The zero-order chi connectivity index (χ0) is 12.0. The van der Waals surface area contributed by atoms with E-state index in [9.17, 15) is 9.59 Å². The van der Waals surface area contributed by atoms with Gasteiger partial charge in [0.25, 0.3) is 0 Å². The molecule has 0 amide bonds. The van der Waals surface area contributed by atoms with Gasteiger partial charge in [-0.2, -0.15) is 0 Å². The first kappa shape index (κ1) is 12.8. The highest BCUT2D eigenvalue weighted by Gasteiger charge is 2.18. The molecule has 1 aromatic rings. The molecule has 16 heavy (non-hydrogen) atoms. The summed E-state index contributed by atoms with van der Waals surface area (Å²) >= 11 is 10.5. The Bertz CT molecular complexity index is 355. The van der Waals surface area contributed by atoms with Gasteiger partial charge in [0.2, 0.25) is 0 Å². The van der Waals surface area contributed by atoms with E-state index in [1.54, 1.807) is 12.1 Å². The summed E-state index contributed by atoms with van der Waals surface area (Å²) in [6.07, 6.45) is 0. The minimum absolute atomic E-state index is 0.0956. The lowest BCUT2D eigenvalue weighted by molar-refractivity contribution is 0.0528. The Labute approximate surface area is 102 Å². The van der Waals surface area contributed by atoms with Gasteiger partial charge in [0.1, 0.15) is 0 Å². The number of halogens is 2. The third-order valence-corrected chi connectivity index (χ3v) is 1.96. The van der Waals surface area contributed by atoms with Gasteiger partial charge in [-0.1, -0.05) is 35.3 Å². The maximum atomic E-state index is 11.4. The standard InChI is InChI=1S/C10H8Cl2O4/c11-5-15-9(13)7-3-1-2-4-8(7)10(14)16-6-12/h1-4H,5-6H2. The summed E-state index contributed by atoms with van der Waals surface area (Å²) in [5.41, 5.74) is 0.191. The summed E-state index contributed by atoms with van der Waals surface area (Å²) in [6, 6.07) is 5.53. The maximum Gasteiger partial charge on any atom is 0.340 e. The molecule has 0 bridgehead atoms. The van der Waals surface area contributed by atoms with Crippen LogP contribution in [0.15, 0.2) is 24.3 Å². The fourth-order valence-corrected chi connectivity index (χ4v) is 1.29. The molecular weight excluding hydrogens is 255 g/mol. The zero-order valence-electron chi connectivity index (χ0n) is 8.11. The van der Waals surface area contributed by atoms with Crippen LogP contribution in [0.25, 0.3) is 0 Å². The molecule has 0 atom stereocenters. The van der Waals surface area contributed by atoms with Crippen LogP contribution in [0, 0.1) is 0 Å². The van der Waals surface area contributed by atoms with E-state index in [1.807, 2.05) is 0 Å². The molecule has 0 aromatic heterocycles. The van der Waals surface area contributed by atoms with Crippen LogP contribution < -0.4 is 0 Å². The molecule has 0 fully saturated rings. The second-order valence-electron chi connectivity index (χ2n) is 2.63. The largest absolute Gasteiger partial charge is 0.446 e. The molecule has 0 spiro atoms. The highest BCUT2D eigenvalue weighted by atomic mass is 35.5. The van der Waals surface area contributed by atoms with Crippen molar-refractivity contribution < 1.29 is 19.1 Å². The van der Waals surface area contributed by atoms with Crippen molar-refractivity contribution in [2.75, 3.05) is 12.1 Å². The van der Waals surface area contributed by atoms with Crippen molar-refractivity contribution in [3.63, 3.8) is 0 Å². The van der Waals surface area contributed by atoms with Crippen LogP contribution in [0.4, 0.5) is 0 Å². The Morgan fingerprint density at radius 2 is 1.31 bits per heavy atom. The Kier molecular flexibility index (Phi) is 5.08. The molecule has 0 N–H and O–H groups in total. The van der Waals surface area contributed by atoms with Gasteiger partial charge < -0.3 is 9.47 Å². The molecule has 0 aliphatic heterocycles. The van der Waals surface area contributed by atoms with Gasteiger partial charge in [0.05, 0.1) is 11.1 Å². The van der Waals surface area contributed by atoms with Gasteiger partial charge in [-0.25, -0.2) is 9.59 Å². The van der Waals surface area contributed by atoms with Crippen LogP contribution in [0.5, 0.6) is 0 Å². The van der Waals surface area contributed by atoms with Crippen molar-refractivity contribution in [2.24, 2.45) is 0 Å². The molecule has 6 heteroatoms. The number of carbonyl (C=O) groups excluding carboxylic acids is 2. The number of carbonyl (C=O) groups is 2. The number of ether oxygens (including phenoxy) is 2. The SMILES string of the molecule is O=C(OCCl)c1ccccc1C(=O)OCCl. The summed E-state index contributed by atoms with van der Waals surface area (Å²) in [4.78, 5) is 22.9. The van der Waals surface area contributed by atoms with E-state index in [2.05, 4.69) is 9.47 Å². The predicted octanol–water partition coefficient (Wildman–Crippen LogP) is 2.39. The van der Waals surface area contributed by atoms with Crippen LogP contribution in [0.1, 0.15) is 20.7 Å². The van der Waals surface area contributed by atoms with E-state index in [-0.39, 0.29) is 23.3 Å². The smallest absolute Gasteiger partial charge is 0.340 e. The molecule has 0 radical (unpaired) electrons. The molecule has 1 aromatic carbocycles. The van der Waals surface area contributed by atoms with Gasteiger partial charge >= 0.3 is 11.9 Å². The number of hydrogen-bond donors (Lipinski definition) is 0. The van der Waals surface area contributed by atoms with Gasteiger partial charge in [-0.15, -0.1) is 0 Å². The fourth-order valence-electron chi connectivity index (χ4n) is 1.09. The van der Waals surface area contributed by atoms with E-state index in [0.29, 0.717) is 0 Å². The number of hydrogen-bond acceptors (Lipinski definition) is 4. The summed E-state index contributed by atoms with van der Waals surface area (Å²) in [5.74, 6) is -1.37. The second kappa shape index (κ2) is 6.35. The molecule has 0 saturated carbocycles. The topological polar surface area (TPSA) is 52.6 Å². The van der Waals surface area contributed by atoms with E-state index >= 15 is 0 Å². The van der Waals surface area contributed by atoms with E-state index in [4.69, 9.17) is 23.2 Å². The molecule has 0 saturated heterocycles. The van der Waals surface area contributed by atoms with Crippen molar-refractivity contribution in [2.45, 2.75) is 0 Å². The number of esters is 2. The summed E-state index contributed by atoms with van der Waals surface area (Å²) in [7, 11) is 0. The van der Waals surface area contributed by atoms with Crippen LogP contribution in [0.3, 0.4) is 0 Å². The molecule has 1 rings (SSSR count). The minimum atomic E-state index is -0.683. The number of alkyl halides is 2. The quantitative estimate of drug-likeness (QED) is 0.618. The van der Waals surface area contributed by atoms with Crippen LogP contribution in [0.2, 0.25) is 0 Å². The zero-order valence-corrected chi connectivity index (χ0v) is 9.62. The van der Waals surface area contributed by atoms with Crippen molar-refractivity contribution >= 4 is 35.1 Å². The summed E-state index contributed by atoms with van der Waals surface area (Å²) in [6.45, 7) is 0. The molecule has 0 aliphatic carbocycles. The maximum absolute atomic E-state index is 11.4. The van der Waals surface area contributed by atoms with Crippen molar-refractivity contribution in [1.82, 2.24) is 0 Å². The average molecular weight is 263 g/mol. The fraction of sp³-hybridized carbons (Fsp3) is 0.200. The number of rotatable bonds is 4. The first-order valence-corrected chi connectivity index (χ1v) is 5.32. The van der Waals surface area contributed by atoms with Crippen molar-refractivity contribution in [3.8, 4) is 0 Å². The van der Waals surface area contributed by atoms with E-state index in [1.165, 1.54) is 12.1 Å². The molecular formula is C10H8Cl2O4. The Morgan fingerprint density at radius 1 is 0.938 bits per heavy atom. The Morgan fingerprint density at radius 3 is 1.62 bits per heavy atom. The second-order valence-corrected chi connectivity index (χ2v) is 3.06. The summed E-state index contributed by atoms with van der Waals surface area (Å²) in [5, 5.41) is 0. The normalized spacial score (nSPS) is 9.62. The van der Waals surface area contributed by atoms with Crippen molar-refractivity contribution in [3.05, 3.63) is 35.4 Å². The molecule has 0 aliphatic rings. The van der Waals surface area contributed by atoms with Crippen LogP contribution >= 0.6 is 23.2 Å². The number of benzene rings is 1. The van der Waals surface area contributed by atoms with Gasteiger partial charge in [0, 0.05) is 0 Å². The lowest BCUT2D eigenvalue weighted by atomic mass is 10.1. The Hall–Kier alpha value is -1.26. The van der Waals surface area contributed by atoms with Crippen molar-refractivity contribution in [1.29, 1.82) is 0 Å². The van der Waals surface area contributed by atoms with Crippen LogP contribution in [-0.4, -0.2) is 24.1 Å². The minimum Gasteiger partial charge on any atom is -0.446 e. The van der Waals surface area contributed by atoms with Crippen LogP contribution in [-0.2, 0) is 9.47 Å². The lowest BCUT2D eigenvalue weighted by Gasteiger charge is -2.06. The third kappa shape index (κ3) is 3.12. The van der Waals surface area contributed by atoms with Gasteiger partial charge in [-0.05, 0) is 12.1 Å². The van der Waals surface area contributed by atoms with Gasteiger partial charge in [-0.3, -0.25) is 0 Å². The average Bonchev–Trinajstić information content (AvgIpc) is 2.30. The molecule has 4 nitrogen and oxygen atoms in total. The summed E-state index contributed by atoms with van der Waals surface area (Å²) < 4.78 is 9.17. The van der Waals surface area contributed by atoms with Gasteiger partial charge in [0.15, 0.2) is 12.1 Å². The highest BCUT2D eigenvalue weighted by molar-refractivity contribution is 6.18. The first-order chi connectivity index (χ1) is 7.70. The Balaban J connectivity index is 3.00. The predicted molar refractivity (Wildman–Crippen MR) is 58.7 cm³/mol. The third-order valence-electron chi connectivity index (χ3n) is 1.74. The first-order valence-electron chi connectivity index (χ1n) is 4.26.